The molecule has 0 radical (unpaired) electrons. The molecule has 17 heavy (non-hydrogen) atoms. The smallest absolute Gasteiger partial charge is 0.0641 e. The number of rotatable bonds is 8. The van der Waals surface area contributed by atoms with Crippen molar-refractivity contribution in [3.8, 4) is 0 Å². The summed E-state index contributed by atoms with van der Waals surface area (Å²) >= 11 is 0. The van der Waals surface area contributed by atoms with Crippen LogP contribution in [0.15, 0.2) is 24.3 Å². The van der Waals surface area contributed by atoms with Gasteiger partial charge in [0.2, 0.25) is 0 Å². The minimum atomic E-state index is 0.601. The maximum absolute atomic E-state index is 5.57. The fourth-order valence-electron chi connectivity index (χ4n) is 1.57. The van der Waals surface area contributed by atoms with Crippen LogP contribution >= 0.6 is 0 Å². The van der Waals surface area contributed by atoms with Crippen LogP contribution < -0.4 is 10.6 Å². The molecule has 1 rings (SSSR count). The van der Waals surface area contributed by atoms with Crippen molar-refractivity contribution in [3.63, 3.8) is 0 Å². The van der Waals surface area contributed by atoms with Gasteiger partial charge in [-0.25, -0.2) is 0 Å². The highest BCUT2D eigenvalue weighted by molar-refractivity contribution is 5.46. The van der Waals surface area contributed by atoms with Gasteiger partial charge in [0, 0.05) is 32.4 Å². The fraction of sp³-hybridized carbons (Fsp3) is 0.571. The van der Waals surface area contributed by atoms with Crippen molar-refractivity contribution in [2.45, 2.75) is 26.3 Å². The van der Waals surface area contributed by atoms with Crippen LogP contribution in [0.2, 0.25) is 0 Å². The maximum atomic E-state index is 5.57. The van der Waals surface area contributed by atoms with Gasteiger partial charge in [-0.3, -0.25) is 0 Å². The lowest BCUT2D eigenvalue weighted by atomic mass is 10.2. The molecule has 0 aliphatic rings. The molecule has 0 aromatic heterocycles. The topological polar surface area (TPSA) is 38.5 Å². The van der Waals surface area contributed by atoms with Crippen LogP contribution in [0.25, 0.3) is 0 Å². The van der Waals surface area contributed by atoms with Crippen molar-refractivity contribution < 1.29 is 4.74 Å². The first kappa shape index (κ1) is 14.0. The minimum Gasteiger partial charge on any atom is -0.380 e. The molecule has 0 amide bonds. The Kier molecular flexibility index (Phi) is 6.67. The lowest BCUT2D eigenvalue weighted by Gasteiger charge is -2.19. The molecule has 0 aliphatic carbocycles. The van der Waals surface area contributed by atoms with Gasteiger partial charge < -0.3 is 15.4 Å². The average molecular weight is 236 g/mol. The lowest BCUT2D eigenvalue weighted by molar-refractivity contribution is 0.138. The predicted octanol–water partition coefficient (Wildman–Crippen LogP) is 2.40. The molecule has 0 spiro atoms. The molecule has 1 aromatic rings. The van der Waals surface area contributed by atoms with Gasteiger partial charge in [-0.15, -0.1) is 0 Å². The quantitative estimate of drug-likeness (QED) is 0.704. The van der Waals surface area contributed by atoms with E-state index in [1.807, 2.05) is 0 Å². The summed E-state index contributed by atoms with van der Waals surface area (Å²) < 4.78 is 5.55. The predicted molar refractivity (Wildman–Crippen MR) is 73.3 cm³/mol. The largest absolute Gasteiger partial charge is 0.380 e. The van der Waals surface area contributed by atoms with Crippen LogP contribution in [0.1, 0.15) is 25.3 Å². The second-order valence-corrected chi connectivity index (χ2v) is 4.26. The highest BCUT2D eigenvalue weighted by Crippen LogP contribution is 2.13. The van der Waals surface area contributed by atoms with Crippen molar-refractivity contribution in [1.29, 1.82) is 0 Å². The first-order valence-corrected chi connectivity index (χ1v) is 6.35. The minimum absolute atomic E-state index is 0.601. The standard InChI is InChI=1S/C14H24N2O/c1-3-4-10-17-11-9-16(2)14-7-5-13(12-15)6-8-14/h5-8H,3-4,9-12,15H2,1-2H3. The molecule has 0 saturated heterocycles. The zero-order chi connectivity index (χ0) is 12.5. The summed E-state index contributed by atoms with van der Waals surface area (Å²) in [6, 6.07) is 8.36. The number of nitrogens with zero attached hydrogens (tertiary/aromatic N) is 1. The van der Waals surface area contributed by atoms with Crippen LogP contribution in [0, 0.1) is 0 Å². The van der Waals surface area contributed by atoms with Crippen LogP contribution in [0.5, 0.6) is 0 Å². The second kappa shape index (κ2) is 8.09. The van der Waals surface area contributed by atoms with Crippen LogP contribution in [0.4, 0.5) is 5.69 Å². The number of nitrogens with two attached hydrogens (primary N) is 1. The Morgan fingerprint density at radius 3 is 2.47 bits per heavy atom. The van der Waals surface area contributed by atoms with Crippen molar-refractivity contribution in [3.05, 3.63) is 29.8 Å². The maximum Gasteiger partial charge on any atom is 0.0641 e. The molecule has 0 aliphatic heterocycles. The van der Waals surface area contributed by atoms with Gasteiger partial charge in [0.1, 0.15) is 0 Å². The zero-order valence-corrected chi connectivity index (χ0v) is 11.0. The molecule has 2 N–H and O–H groups in total. The van der Waals surface area contributed by atoms with Gasteiger partial charge in [-0.1, -0.05) is 25.5 Å². The first-order chi connectivity index (χ1) is 8.27. The van der Waals surface area contributed by atoms with E-state index in [9.17, 15) is 0 Å². The third-order valence-corrected chi connectivity index (χ3v) is 2.83. The normalized spacial score (nSPS) is 10.5. The Labute approximate surface area is 105 Å². The number of hydrogen-bond donors (Lipinski definition) is 1. The van der Waals surface area contributed by atoms with E-state index in [1.54, 1.807) is 0 Å². The summed E-state index contributed by atoms with van der Waals surface area (Å²) in [5.41, 5.74) is 7.95. The van der Waals surface area contributed by atoms with E-state index in [1.165, 1.54) is 17.7 Å². The SMILES string of the molecule is CCCCOCCN(C)c1ccc(CN)cc1. The Bertz CT molecular complexity index is 298. The van der Waals surface area contributed by atoms with E-state index < -0.39 is 0 Å². The third-order valence-electron chi connectivity index (χ3n) is 2.83. The molecule has 0 saturated carbocycles. The Hall–Kier alpha value is -1.06. The first-order valence-electron chi connectivity index (χ1n) is 6.35. The van der Waals surface area contributed by atoms with Crippen molar-refractivity contribution >= 4 is 5.69 Å². The summed E-state index contributed by atoms with van der Waals surface area (Å²) in [4.78, 5) is 2.20. The van der Waals surface area contributed by atoms with Crippen LogP contribution in [-0.4, -0.2) is 26.8 Å². The second-order valence-electron chi connectivity index (χ2n) is 4.26. The van der Waals surface area contributed by atoms with Gasteiger partial charge in [-0.05, 0) is 24.1 Å². The Morgan fingerprint density at radius 1 is 1.18 bits per heavy atom. The van der Waals surface area contributed by atoms with Gasteiger partial charge in [0.05, 0.1) is 6.61 Å². The van der Waals surface area contributed by atoms with Crippen molar-refractivity contribution in [2.75, 3.05) is 31.7 Å². The molecule has 0 atom stereocenters. The summed E-state index contributed by atoms with van der Waals surface area (Å²) in [6.07, 6.45) is 2.34. The van der Waals surface area contributed by atoms with E-state index in [-0.39, 0.29) is 0 Å². The number of likely N-dealkylation sites (N-methyl/N-ethyl adjacent to an activating group) is 1. The monoisotopic (exact) mass is 236 g/mol. The molecule has 0 unspecified atom stereocenters. The molecular weight excluding hydrogens is 212 g/mol. The average Bonchev–Trinajstić information content (AvgIpc) is 2.38. The number of ether oxygens (including phenoxy) is 1. The summed E-state index contributed by atoms with van der Waals surface area (Å²) in [5, 5.41) is 0. The van der Waals surface area contributed by atoms with Gasteiger partial charge in [0.25, 0.3) is 0 Å². The highest BCUT2D eigenvalue weighted by Gasteiger charge is 2.00. The Morgan fingerprint density at radius 2 is 1.88 bits per heavy atom. The summed E-state index contributed by atoms with van der Waals surface area (Å²) in [7, 11) is 2.08. The van der Waals surface area contributed by atoms with Crippen molar-refractivity contribution in [2.24, 2.45) is 5.73 Å². The molecule has 0 heterocycles. The zero-order valence-electron chi connectivity index (χ0n) is 11.0. The molecule has 0 fully saturated rings. The van der Waals surface area contributed by atoms with Gasteiger partial charge >= 0.3 is 0 Å². The molecule has 0 bridgehead atoms. The van der Waals surface area contributed by atoms with E-state index in [0.717, 1.165) is 26.2 Å². The van der Waals surface area contributed by atoms with Crippen LogP contribution in [0.3, 0.4) is 0 Å². The van der Waals surface area contributed by atoms with Gasteiger partial charge in [0.15, 0.2) is 0 Å². The molecule has 96 valence electrons. The molecule has 1 aromatic carbocycles. The van der Waals surface area contributed by atoms with E-state index >= 15 is 0 Å². The fourth-order valence-corrected chi connectivity index (χ4v) is 1.57. The van der Waals surface area contributed by atoms with Crippen molar-refractivity contribution in [1.82, 2.24) is 0 Å². The Balaban J connectivity index is 2.28. The number of hydrogen-bond acceptors (Lipinski definition) is 3. The van der Waals surface area contributed by atoms with E-state index in [0.29, 0.717) is 6.54 Å². The van der Waals surface area contributed by atoms with Gasteiger partial charge in [-0.2, -0.15) is 0 Å². The number of benzene rings is 1. The highest BCUT2D eigenvalue weighted by atomic mass is 16.5. The lowest BCUT2D eigenvalue weighted by Crippen LogP contribution is -2.22. The third kappa shape index (κ3) is 5.20. The number of unbranched alkanes of at least 4 members (excludes halogenated alkanes) is 1. The van der Waals surface area contributed by atoms with E-state index in [4.69, 9.17) is 10.5 Å². The van der Waals surface area contributed by atoms with E-state index in [2.05, 4.69) is 43.1 Å². The molecule has 3 nitrogen and oxygen atoms in total. The summed E-state index contributed by atoms with van der Waals surface area (Å²) in [6.45, 7) is 5.36. The molecule has 3 heteroatoms. The number of anilines is 1. The van der Waals surface area contributed by atoms with Crippen LogP contribution in [-0.2, 0) is 11.3 Å². The molecular formula is C14H24N2O. The summed E-state index contributed by atoms with van der Waals surface area (Å²) in [5.74, 6) is 0.